The minimum absolute atomic E-state index is 0.0889. The van der Waals surface area contributed by atoms with Gasteiger partial charge in [-0.3, -0.25) is 4.79 Å². The van der Waals surface area contributed by atoms with Crippen LogP contribution in [0.5, 0.6) is 0 Å². The maximum atomic E-state index is 12.5. The summed E-state index contributed by atoms with van der Waals surface area (Å²) in [6, 6.07) is 0. The van der Waals surface area contributed by atoms with Crippen LogP contribution in [0, 0.1) is 13.8 Å². The zero-order valence-electron chi connectivity index (χ0n) is 15.4. The average molecular weight is 360 g/mol. The lowest BCUT2D eigenvalue weighted by atomic mass is 10.1. The molecule has 2 aromatic heterocycles. The van der Waals surface area contributed by atoms with Crippen molar-refractivity contribution in [3.05, 3.63) is 23.3 Å². The molecular weight excluding hydrogens is 336 g/mol. The van der Waals surface area contributed by atoms with Gasteiger partial charge in [0.25, 0.3) is 5.78 Å². The Labute approximate surface area is 152 Å². The summed E-state index contributed by atoms with van der Waals surface area (Å²) in [5.41, 5.74) is 2.87. The van der Waals surface area contributed by atoms with E-state index in [1.54, 1.807) is 16.3 Å². The van der Waals surface area contributed by atoms with Crippen molar-refractivity contribution in [1.29, 1.82) is 0 Å². The fourth-order valence-corrected chi connectivity index (χ4v) is 3.26. The maximum absolute atomic E-state index is 12.5. The first-order valence-electron chi connectivity index (χ1n) is 8.86. The van der Waals surface area contributed by atoms with Crippen LogP contribution in [0.2, 0.25) is 0 Å². The van der Waals surface area contributed by atoms with Crippen LogP contribution in [-0.2, 0) is 16.0 Å². The summed E-state index contributed by atoms with van der Waals surface area (Å²) in [7, 11) is 0. The highest BCUT2D eigenvalue weighted by atomic mass is 16.6. The van der Waals surface area contributed by atoms with Crippen LogP contribution in [0.3, 0.4) is 0 Å². The molecule has 0 N–H and O–H groups in total. The van der Waals surface area contributed by atoms with Crippen LogP contribution in [0.25, 0.3) is 5.78 Å². The van der Waals surface area contributed by atoms with Gasteiger partial charge >= 0.3 is 6.09 Å². The van der Waals surface area contributed by atoms with E-state index in [9.17, 15) is 9.59 Å². The third-order valence-electron chi connectivity index (χ3n) is 4.74. The molecule has 1 aliphatic rings. The molecule has 9 heteroatoms. The fraction of sp³-hybridized carbons (Fsp3) is 0.588. The van der Waals surface area contributed by atoms with Gasteiger partial charge in [-0.25, -0.2) is 14.3 Å². The van der Waals surface area contributed by atoms with Gasteiger partial charge < -0.3 is 14.5 Å². The number of fused-ring (bicyclic) bond motifs is 1. The zero-order chi connectivity index (χ0) is 18.7. The second-order valence-electron chi connectivity index (χ2n) is 6.30. The Morgan fingerprint density at radius 3 is 2.54 bits per heavy atom. The number of amides is 2. The second-order valence-corrected chi connectivity index (χ2v) is 6.30. The van der Waals surface area contributed by atoms with Crippen molar-refractivity contribution in [2.45, 2.75) is 33.6 Å². The molecule has 0 atom stereocenters. The third-order valence-corrected chi connectivity index (χ3v) is 4.74. The Kier molecular flexibility index (Phi) is 5.34. The van der Waals surface area contributed by atoms with Crippen molar-refractivity contribution < 1.29 is 14.3 Å². The van der Waals surface area contributed by atoms with E-state index in [1.165, 1.54) is 6.33 Å². The Balaban J connectivity index is 1.58. The van der Waals surface area contributed by atoms with E-state index in [0.29, 0.717) is 51.4 Å². The van der Waals surface area contributed by atoms with Crippen molar-refractivity contribution in [2.75, 3.05) is 32.8 Å². The Morgan fingerprint density at radius 2 is 1.85 bits per heavy atom. The highest BCUT2D eigenvalue weighted by Gasteiger charge is 2.25. The first-order valence-corrected chi connectivity index (χ1v) is 8.86. The van der Waals surface area contributed by atoms with Crippen molar-refractivity contribution in [3.8, 4) is 0 Å². The van der Waals surface area contributed by atoms with Crippen LogP contribution >= 0.6 is 0 Å². The molecule has 0 bridgehead atoms. The molecule has 3 rings (SSSR count). The number of hydrogen-bond acceptors (Lipinski definition) is 6. The standard InChI is InChI=1S/C17H24N6O3/c1-4-26-17(25)22-9-7-21(8-10-22)15(24)6-5-14-12(2)20-16-18-11-19-23(16)13(14)3/h11H,4-10H2,1-3H3. The summed E-state index contributed by atoms with van der Waals surface area (Å²) in [6.07, 6.45) is 2.19. The van der Waals surface area contributed by atoms with Crippen molar-refractivity contribution in [3.63, 3.8) is 0 Å². The average Bonchev–Trinajstić information content (AvgIpc) is 3.10. The Hall–Kier alpha value is -2.71. The molecule has 0 aromatic carbocycles. The van der Waals surface area contributed by atoms with E-state index in [1.807, 2.05) is 18.7 Å². The Morgan fingerprint density at radius 1 is 1.15 bits per heavy atom. The topological polar surface area (TPSA) is 92.9 Å². The summed E-state index contributed by atoms with van der Waals surface area (Å²) in [5, 5.41) is 4.18. The van der Waals surface area contributed by atoms with Crippen molar-refractivity contribution in [1.82, 2.24) is 29.4 Å². The van der Waals surface area contributed by atoms with Crippen molar-refractivity contribution in [2.24, 2.45) is 0 Å². The molecule has 0 aliphatic carbocycles. The highest BCUT2D eigenvalue weighted by Crippen LogP contribution is 2.16. The molecule has 0 spiro atoms. The van der Waals surface area contributed by atoms with Crippen molar-refractivity contribution >= 4 is 17.8 Å². The summed E-state index contributed by atoms with van der Waals surface area (Å²) in [5.74, 6) is 0.663. The molecule has 1 aliphatic heterocycles. The predicted octanol–water partition coefficient (Wildman–Crippen LogP) is 0.974. The quantitative estimate of drug-likeness (QED) is 0.807. The summed E-state index contributed by atoms with van der Waals surface area (Å²) in [4.78, 5) is 36.3. The lowest BCUT2D eigenvalue weighted by molar-refractivity contribution is -0.132. The molecule has 0 unspecified atom stereocenters. The first kappa shape index (κ1) is 18.1. The minimum Gasteiger partial charge on any atom is -0.450 e. The van der Waals surface area contributed by atoms with Gasteiger partial charge in [-0.15, -0.1) is 0 Å². The molecule has 140 valence electrons. The van der Waals surface area contributed by atoms with Gasteiger partial charge in [-0.05, 0) is 32.8 Å². The van der Waals surface area contributed by atoms with Gasteiger partial charge in [-0.2, -0.15) is 10.1 Å². The number of piperazine rings is 1. The van der Waals surface area contributed by atoms with Gasteiger partial charge in [0.15, 0.2) is 0 Å². The second kappa shape index (κ2) is 7.67. The molecular formula is C17H24N6O3. The molecule has 3 heterocycles. The summed E-state index contributed by atoms with van der Waals surface area (Å²) < 4.78 is 6.70. The van der Waals surface area contributed by atoms with Gasteiger partial charge in [0.2, 0.25) is 5.91 Å². The van der Waals surface area contributed by atoms with Gasteiger partial charge in [0.05, 0.1) is 6.61 Å². The van der Waals surface area contributed by atoms with Crippen LogP contribution in [-0.4, -0.2) is 74.2 Å². The monoisotopic (exact) mass is 360 g/mol. The molecule has 9 nitrogen and oxygen atoms in total. The van der Waals surface area contributed by atoms with Crippen LogP contribution in [0.1, 0.15) is 30.3 Å². The first-order chi connectivity index (χ1) is 12.5. The number of hydrogen-bond donors (Lipinski definition) is 0. The van der Waals surface area contributed by atoms with Gasteiger partial charge in [-0.1, -0.05) is 0 Å². The smallest absolute Gasteiger partial charge is 0.409 e. The number of carbonyl (C=O) groups excluding carboxylic acids is 2. The van der Waals surface area contributed by atoms with E-state index in [2.05, 4.69) is 15.1 Å². The lowest BCUT2D eigenvalue weighted by Crippen LogP contribution is -2.50. The third kappa shape index (κ3) is 3.61. The minimum atomic E-state index is -0.307. The summed E-state index contributed by atoms with van der Waals surface area (Å²) >= 11 is 0. The highest BCUT2D eigenvalue weighted by molar-refractivity contribution is 5.77. The Bertz CT molecular complexity index is 810. The molecule has 1 fully saturated rings. The van der Waals surface area contributed by atoms with E-state index >= 15 is 0 Å². The largest absolute Gasteiger partial charge is 0.450 e. The van der Waals surface area contributed by atoms with Crippen LogP contribution in [0.15, 0.2) is 6.33 Å². The predicted molar refractivity (Wildman–Crippen MR) is 93.8 cm³/mol. The van der Waals surface area contributed by atoms with E-state index < -0.39 is 0 Å². The fourth-order valence-electron chi connectivity index (χ4n) is 3.26. The zero-order valence-corrected chi connectivity index (χ0v) is 15.4. The number of nitrogens with zero attached hydrogens (tertiary/aromatic N) is 6. The number of aromatic nitrogens is 4. The molecule has 0 radical (unpaired) electrons. The number of carbonyl (C=O) groups is 2. The molecule has 1 saturated heterocycles. The number of rotatable bonds is 4. The van der Waals surface area contributed by atoms with E-state index in [4.69, 9.17) is 4.74 Å². The van der Waals surface area contributed by atoms with Gasteiger partial charge in [0.1, 0.15) is 6.33 Å². The molecule has 2 aromatic rings. The van der Waals surface area contributed by atoms with Crippen LogP contribution < -0.4 is 0 Å². The van der Waals surface area contributed by atoms with E-state index in [-0.39, 0.29) is 12.0 Å². The number of aryl methyl sites for hydroxylation is 2. The molecule has 0 saturated carbocycles. The van der Waals surface area contributed by atoms with Crippen LogP contribution in [0.4, 0.5) is 4.79 Å². The molecule has 2 amide bonds. The van der Waals surface area contributed by atoms with E-state index in [0.717, 1.165) is 17.0 Å². The SMILES string of the molecule is CCOC(=O)N1CCN(C(=O)CCc2c(C)nc3ncnn3c2C)CC1. The number of ether oxygens (including phenoxy) is 1. The van der Waals surface area contributed by atoms with Gasteiger partial charge in [0, 0.05) is 44.0 Å². The normalized spacial score (nSPS) is 14.7. The summed E-state index contributed by atoms with van der Waals surface area (Å²) in [6.45, 7) is 8.14. The lowest BCUT2D eigenvalue weighted by Gasteiger charge is -2.34. The maximum Gasteiger partial charge on any atom is 0.409 e. The molecule has 26 heavy (non-hydrogen) atoms.